The molecule has 0 spiro atoms. The summed E-state index contributed by atoms with van der Waals surface area (Å²) in [7, 11) is 0. The van der Waals surface area contributed by atoms with E-state index in [0.29, 0.717) is 6.42 Å². The van der Waals surface area contributed by atoms with E-state index in [0.717, 1.165) is 0 Å². The van der Waals surface area contributed by atoms with E-state index in [-0.39, 0.29) is 29.6 Å². The normalized spacial score (nSPS) is 4.00. The Balaban J connectivity index is 0. The van der Waals surface area contributed by atoms with E-state index in [2.05, 4.69) is 0 Å². The van der Waals surface area contributed by atoms with Gasteiger partial charge in [-0.15, -0.1) is 0 Å². The molecular formula is C3H5NNa. The van der Waals surface area contributed by atoms with Crippen molar-refractivity contribution in [2.75, 3.05) is 0 Å². The van der Waals surface area contributed by atoms with E-state index < -0.39 is 0 Å². The fourth-order valence-electron chi connectivity index (χ4n) is 0. The molecule has 0 aliphatic heterocycles. The molecule has 0 aromatic heterocycles. The van der Waals surface area contributed by atoms with Gasteiger partial charge in [-0.05, 0) is 0 Å². The Hall–Kier alpha value is 0.490. The molecule has 5 heavy (non-hydrogen) atoms. The molecule has 0 aromatic rings. The van der Waals surface area contributed by atoms with Gasteiger partial charge in [0.05, 0.1) is 6.07 Å². The Morgan fingerprint density at radius 3 is 2.00 bits per heavy atom. The van der Waals surface area contributed by atoms with Crippen LogP contribution >= 0.6 is 0 Å². The summed E-state index contributed by atoms with van der Waals surface area (Å²) in [5.74, 6) is 0. The van der Waals surface area contributed by atoms with Crippen molar-refractivity contribution in [3.8, 4) is 6.07 Å². The summed E-state index contributed by atoms with van der Waals surface area (Å²) in [5, 5.41) is 7.62. The van der Waals surface area contributed by atoms with Crippen molar-refractivity contribution in [3.63, 3.8) is 0 Å². The summed E-state index contributed by atoms with van der Waals surface area (Å²) >= 11 is 0. The molecule has 0 saturated heterocycles. The maximum Gasteiger partial charge on any atom is 0.0618 e. The summed E-state index contributed by atoms with van der Waals surface area (Å²) in [6.07, 6.45) is 0.625. The first-order valence-corrected chi connectivity index (χ1v) is 1.28. The smallest absolute Gasteiger partial charge is 0.0618 e. The Morgan fingerprint density at radius 1 is 1.80 bits per heavy atom. The van der Waals surface area contributed by atoms with E-state index >= 15 is 0 Å². The molecule has 1 nitrogen and oxygen atoms in total. The van der Waals surface area contributed by atoms with Crippen molar-refractivity contribution in [2.45, 2.75) is 13.3 Å². The predicted molar refractivity (Wildman–Crippen MR) is 21.7 cm³/mol. The molecule has 0 aromatic carbocycles. The Bertz CT molecular complexity index is 36.6. The van der Waals surface area contributed by atoms with E-state index in [9.17, 15) is 0 Å². The van der Waals surface area contributed by atoms with Crippen LogP contribution in [0.5, 0.6) is 0 Å². The minimum absolute atomic E-state index is 0. The summed E-state index contributed by atoms with van der Waals surface area (Å²) in [6, 6.07) is 1.93. The molecule has 1 radical (unpaired) electrons. The van der Waals surface area contributed by atoms with Crippen LogP contribution in [0.1, 0.15) is 13.3 Å². The molecule has 0 aliphatic rings. The zero-order chi connectivity index (χ0) is 3.41. The molecule has 0 heterocycles. The first-order valence-electron chi connectivity index (χ1n) is 1.28. The van der Waals surface area contributed by atoms with Gasteiger partial charge < -0.3 is 0 Å². The van der Waals surface area contributed by atoms with Gasteiger partial charge in [0.15, 0.2) is 0 Å². The molecule has 23 valence electrons. The molecule has 2 heteroatoms. The van der Waals surface area contributed by atoms with Crippen LogP contribution in [0.15, 0.2) is 0 Å². The summed E-state index contributed by atoms with van der Waals surface area (Å²) < 4.78 is 0. The third-order valence-electron chi connectivity index (χ3n) is 0.158. The molecule has 0 atom stereocenters. The third kappa shape index (κ3) is 12.5. The minimum Gasteiger partial charge on any atom is -0.198 e. The Labute approximate surface area is 54.3 Å². The first kappa shape index (κ1) is 9.09. The molecule has 0 saturated carbocycles. The quantitative estimate of drug-likeness (QED) is 0.388. The van der Waals surface area contributed by atoms with Crippen molar-refractivity contribution >= 4 is 29.6 Å². The molecule has 0 fully saturated rings. The third-order valence-corrected chi connectivity index (χ3v) is 0.158. The van der Waals surface area contributed by atoms with Crippen LogP contribution in [-0.2, 0) is 0 Å². The molecule has 0 unspecified atom stereocenters. The largest absolute Gasteiger partial charge is 0.198 e. The Morgan fingerprint density at radius 2 is 2.00 bits per heavy atom. The average Bonchev–Trinajstić information content (AvgIpc) is 1.37. The van der Waals surface area contributed by atoms with Gasteiger partial charge in [-0.25, -0.2) is 0 Å². The zero-order valence-electron chi connectivity index (χ0n) is 3.65. The van der Waals surface area contributed by atoms with Crippen LogP contribution in [0.4, 0.5) is 0 Å². The molecule has 0 N–H and O–H groups in total. The maximum atomic E-state index is 7.62. The second-order valence-corrected chi connectivity index (χ2v) is 0.512. The first-order chi connectivity index (χ1) is 1.91. The van der Waals surface area contributed by atoms with Gasteiger partial charge in [0.2, 0.25) is 0 Å². The van der Waals surface area contributed by atoms with Gasteiger partial charge in [-0.3, -0.25) is 0 Å². The van der Waals surface area contributed by atoms with Crippen LogP contribution in [0, 0.1) is 11.3 Å². The monoisotopic (exact) mass is 78.0 g/mol. The van der Waals surface area contributed by atoms with Crippen molar-refractivity contribution in [1.29, 1.82) is 5.26 Å². The van der Waals surface area contributed by atoms with Gasteiger partial charge in [0.25, 0.3) is 0 Å². The number of nitrogens with zero attached hydrogens (tertiary/aromatic N) is 1. The maximum absolute atomic E-state index is 7.62. The second-order valence-electron chi connectivity index (χ2n) is 0.512. The molecular weight excluding hydrogens is 73.0 g/mol. The van der Waals surface area contributed by atoms with Crippen molar-refractivity contribution < 1.29 is 0 Å². The van der Waals surface area contributed by atoms with E-state index in [1.807, 2.05) is 13.0 Å². The van der Waals surface area contributed by atoms with Gasteiger partial charge in [-0.1, -0.05) is 6.92 Å². The second kappa shape index (κ2) is 8.82. The Kier molecular flexibility index (Phi) is 16.0. The van der Waals surface area contributed by atoms with Crippen LogP contribution in [0.3, 0.4) is 0 Å². The van der Waals surface area contributed by atoms with Crippen LogP contribution in [-0.4, -0.2) is 29.6 Å². The van der Waals surface area contributed by atoms with Crippen molar-refractivity contribution in [2.24, 2.45) is 0 Å². The fraction of sp³-hybridized carbons (Fsp3) is 0.667. The number of hydrogen-bond acceptors (Lipinski definition) is 1. The number of hydrogen-bond donors (Lipinski definition) is 0. The minimum atomic E-state index is 0. The van der Waals surface area contributed by atoms with Crippen LogP contribution in [0.25, 0.3) is 0 Å². The van der Waals surface area contributed by atoms with Gasteiger partial charge in [0.1, 0.15) is 0 Å². The number of nitriles is 1. The fourth-order valence-corrected chi connectivity index (χ4v) is 0. The van der Waals surface area contributed by atoms with Crippen LogP contribution < -0.4 is 0 Å². The summed E-state index contributed by atoms with van der Waals surface area (Å²) in [4.78, 5) is 0. The van der Waals surface area contributed by atoms with Crippen molar-refractivity contribution in [1.82, 2.24) is 0 Å². The van der Waals surface area contributed by atoms with Gasteiger partial charge >= 0.3 is 0 Å². The standard InChI is InChI=1S/C3H5N.Na/c1-2-3-4;/h2H2,1H3;. The summed E-state index contributed by atoms with van der Waals surface area (Å²) in [5.41, 5.74) is 0. The zero-order valence-corrected chi connectivity index (χ0v) is 5.65. The molecule has 0 bridgehead atoms. The summed E-state index contributed by atoms with van der Waals surface area (Å²) in [6.45, 7) is 1.82. The topological polar surface area (TPSA) is 23.8 Å². The average molecular weight is 78.1 g/mol. The van der Waals surface area contributed by atoms with E-state index in [1.54, 1.807) is 0 Å². The predicted octanol–water partition coefficient (Wildman–Crippen LogP) is 0.539. The molecule has 0 amide bonds. The van der Waals surface area contributed by atoms with Crippen molar-refractivity contribution in [3.05, 3.63) is 0 Å². The van der Waals surface area contributed by atoms with Crippen LogP contribution in [0.2, 0.25) is 0 Å². The van der Waals surface area contributed by atoms with E-state index in [4.69, 9.17) is 5.26 Å². The van der Waals surface area contributed by atoms with Gasteiger partial charge in [0, 0.05) is 36.0 Å². The van der Waals surface area contributed by atoms with E-state index in [1.165, 1.54) is 0 Å². The SMILES string of the molecule is CCC#N.[Na]. The molecule has 0 rings (SSSR count). The van der Waals surface area contributed by atoms with Gasteiger partial charge in [-0.2, -0.15) is 5.26 Å². The molecule has 0 aliphatic carbocycles. The number of rotatable bonds is 0.